The Morgan fingerprint density at radius 2 is 1.59 bits per heavy atom. The van der Waals surface area contributed by atoms with Gasteiger partial charge < -0.3 is 9.80 Å². The Morgan fingerprint density at radius 1 is 1.00 bits per heavy atom. The molecular weight excluding hydrogens is 276 g/mol. The van der Waals surface area contributed by atoms with Crippen LogP contribution in [0.25, 0.3) is 0 Å². The lowest BCUT2D eigenvalue weighted by Gasteiger charge is -2.21. The van der Waals surface area contributed by atoms with Crippen molar-refractivity contribution in [3.05, 3.63) is 35.4 Å². The monoisotopic (exact) mass is 302 g/mol. The zero-order valence-electron chi connectivity index (χ0n) is 13.8. The summed E-state index contributed by atoms with van der Waals surface area (Å²) in [6.45, 7) is 8.68. The molecule has 0 N–H and O–H groups in total. The maximum absolute atomic E-state index is 12.6. The topological polar surface area (TPSA) is 40.6 Å². The van der Waals surface area contributed by atoms with Gasteiger partial charge in [0.2, 0.25) is 5.91 Å². The summed E-state index contributed by atoms with van der Waals surface area (Å²) in [5, 5.41) is 0. The molecule has 0 saturated carbocycles. The third kappa shape index (κ3) is 4.33. The average molecular weight is 302 g/mol. The van der Waals surface area contributed by atoms with Crippen LogP contribution in [-0.4, -0.2) is 47.8 Å². The van der Waals surface area contributed by atoms with Crippen molar-refractivity contribution < 1.29 is 9.59 Å². The second-order valence-corrected chi connectivity index (χ2v) is 6.45. The van der Waals surface area contributed by atoms with Crippen molar-refractivity contribution in [3.8, 4) is 0 Å². The maximum atomic E-state index is 12.6. The molecule has 120 valence electrons. The molecule has 1 heterocycles. The van der Waals surface area contributed by atoms with E-state index in [-0.39, 0.29) is 11.8 Å². The van der Waals surface area contributed by atoms with E-state index in [0.717, 1.165) is 31.5 Å². The fraction of sp³-hybridized carbons (Fsp3) is 0.556. The fourth-order valence-corrected chi connectivity index (χ4v) is 2.87. The Kier molecular flexibility index (Phi) is 5.58. The maximum Gasteiger partial charge on any atom is 0.253 e. The second kappa shape index (κ2) is 7.43. The first-order valence-corrected chi connectivity index (χ1v) is 8.11. The van der Waals surface area contributed by atoms with Crippen LogP contribution in [0.4, 0.5) is 0 Å². The molecular formula is C18H26N2O2. The highest BCUT2D eigenvalue weighted by Crippen LogP contribution is 2.13. The number of carbonyl (C=O) groups excluding carboxylic acids is 2. The standard InChI is InChI=1S/C18H26N2O2/c1-14(2)13-16-5-7-17(8-6-16)18(22)20-10-4-9-19(11-12-20)15(3)21/h5-8,14H,4,9-13H2,1-3H3. The Bertz CT molecular complexity index is 522. The SMILES string of the molecule is CC(=O)N1CCCN(C(=O)c2ccc(CC(C)C)cc2)CC1. The first kappa shape index (κ1) is 16.5. The van der Waals surface area contributed by atoms with Crippen molar-refractivity contribution in [2.75, 3.05) is 26.2 Å². The Balaban J connectivity index is 2.00. The van der Waals surface area contributed by atoms with Gasteiger partial charge in [-0.3, -0.25) is 9.59 Å². The predicted octanol–water partition coefficient (Wildman–Crippen LogP) is 2.58. The molecule has 2 amide bonds. The first-order chi connectivity index (χ1) is 10.5. The van der Waals surface area contributed by atoms with Crippen molar-refractivity contribution in [1.29, 1.82) is 0 Å². The molecule has 2 rings (SSSR count). The van der Waals surface area contributed by atoms with Gasteiger partial charge >= 0.3 is 0 Å². The molecule has 1 aromatic rings. The van der Waals surface area contributed by atoms with Gasteiger partial charge in [-0.15, -0.1) is 0 Å². The van der Waals surface area contributed by atoms with Crippen molar-refractivity contribution in [2.24, 2.45) is 5.92 Å². The highest BCUT2D eigenvalue weighted by atomic mass is 16.2. The molecule has 0 unspecified atom stereocenters. The molecule has 1 aliphatic heterocycles. The van der Waals surface area contributed by atoms with E-state index in [1.807, 2.05) is 34.1 Å². The van der Waals surface area contributed by atoms with Gasteiger partial charge in [0.25, 0.3) is 5.91 Å². The van der Waals surface area contributed by atoms with Crippen LogP contribution in [0.3, 0.4) is 0 Å². The summed E-state index contributed by atoms with van der Waals surface area (Å²) in [5.74, 6) is 0.776. The highest BCUT2D eigenvalue weighted by molar-refractivity contribution is 5.94. The molecule has 0 spiro atoms. The predicted molar refractivity (Wildman–Crippen MR) is 87.8 cm³/mol. The highest BCUT2D eigenvalue weighted by Gasteiger charge is 2.21. The minimum Gasteiger partial charge on any atom is -0.341 e. The van der Waals surface area contributed by atoms with Gasteiger partial charge in [-0.2, -0.15) is 0 Å². The van der Waals surface area contributed by atoms with E-state index in [4.69, 9.17) is 0 Å². The number of benzene rings is 1. The number of hydrogen-bond donors (Lipinski definition) is 0. The van der Waals surface area contributed by atoms with Gasteiger partial charge in [-0.25, -0.2) is 0 Å². The molecule has 0 bridgehead atoms. The lowest BCUT2D eigenvalue weighted by atomic mass is 10.0. The van der Waals surface area contributed by atoms with Gasteiger partial charge in [-0.1, -0.05) is 26.0 Å². The Hall–Kier alpha value is -1.84. The van der Waals surface area contributed by atoms with Crippen LogP contribution in [0, 0.1) is 5.92 Å². The minimum atomic E-state index is 0.0708. The molecule has 22 heavy (non-hydrogen) atoms. The smallest absolute Gasteiger partial charge is 0.253 e. The molecule has 0 radical (unpaired) electrons. The molecule has 0 aliphatic carbocycles. The first-order valence-electron chi connectivity index (χ1n) is 8.11. The third-order valence-electron chi connectivity index (χ3n) is 4.07. The van der Waals surface area contributed by atoms with Crippen LogP contribution >= 0.6 is 0 Å². The van der Waals surface area contributed by atoms with E-state index in [1.165, 1.54) is 5.56 Å². The van der Waals surface area contributed by atoms with Crippen molar-refractivity contribution in [3.63, 3.8) is 0 Å². The molecule has 0 atom stereocenters. The summed E-state index contributed by atoms with van der Waals surface area (Å²) in [5.41, 5.74) is 2.01. The molecule has 1 aromatic carbocycles. The van der Waals surface area contributed by atoms with E-state index in [1.54, 1.807) is 6.92 Å². The number of amides is 2. The quantitative estimate of drug-likeness (QED) is 0.861. The van der Waals surface area contributed by atoms with Crippen LogP contribution in [0.5, 0.6) is 0 Å². The fourth-order valence-electron chi connectivity index (χ4n) is 2.87. The summed E-state index contributed by atoms with van der Waals surface area (Å²) in [6, 6.07) is 7.95. The lowest BCUT2D eigenvalue weighted by molar-refractivity contribution is -0.128. The lowest BCUT2D eigenvalue weighted by Crippen LogP contribution is -2.36. The molecule has 1 saturated heterocycles. The third-order valence-corrected chi connectivity index (χ3v) is 4.07. The van der Waals surface area contributed by atoms with Gasteiger partial charge in [-0.05, 0) is 36.5 Å². The van der Waals surface area contributed by atoms with Crippen LogP contribution < -0.4 is 0 Å². The number of nitrogens with zero attached hydrogens (tertiary/aromatic N) is 2. The van der Waals surface area contributed by atoms with E-state index in [2.05, 4.69) is 13.8 Å². The zero-order valence-corrected chi connectivity index (χ0v) is 13.8. The van der Waals surface area contributed by atoms with Gasteiger partial charge in [0.15, 0.2) is 0 Å². The molecule has 0 aromatic heterocycles. The zero-order chi connectivity index (χ0) is 16.1. The summed E-state index contributed by atoms with van der Waals surface area (Å²) < 4.78 is 0. The molecule has 4 heteroatoms. The largest absolute Gasteiger partial charge is 0.341 e. The van der Waals surface area contributed by atoms with E-state index < -0.39 is 0 Å². The number of rotatable bonds is 3. The van der Waals surface area contributed by atoms with Crippen LogP contribution in [-0.2, 0) is 11.2 Å². The Morgan fingerprint density at radius 3 is 2.18 bits per heavy atom. The van der Waals surface area contributed by atoms with Gasteiger partial charge in [0, 0.05) is 38.7 Å². The summed E-state index contributed by atoms with van der Waals surface area (Å²) in [7, 11) is 0. The van der Waals surface area contributed by atoms with Crippen molar-refractivity contribution in [1.82, 2.24) is 9.80 Å². The van der Waals surface area contributed by atoms with E-state index >= 15 is 0 Å². The van der Waals surface area contributed by atoms with Crippen LogP contribution in [0.2, 0.25) is 0 Å². The van der Waals surface area contributed by atoms with Crippen molar-refractivity contribution in [2.45, 2.75) is 33.6 Å². The van der Waals surface area contributed by atoms with Crippen molar-refractivity contribution >= 4 is 11.8 Å². The van der Waals surface area contributed by atoms with Gasteiger partial charge in [0.1, 0.15) is 0 Å². The average Bonchev–Trinajstić information content (AvgIpc) is 2.72. The summed E-state index contributed by atoms with van der Waals surface area (Å²) >= 11 is 0. The summed E-state index contributed by atoms with van der Waals surface area (Å²) in [4.78, 5) is 27.7. The Labute approximate surface area is 133 Å². The van der Waals surface area contributed by atoms with Crippen LogP contribution in [0.1, 0.15) is 43.1 Å². The minimum absolute atomic E-state index is 0.0708. The van der Waals surface area contributed by atoms with E-state index in [0.29, 0.717) is 19.0 Å². The van der Waals surface area contributed by atoms with E-state index in [9.17, 15) is 9.59 Å². The molecule has 1 aliphatic rings. The number of carbonyl (C=O) groups is 2. The summed E-state index contributed by atoms with van der Waals surface area (Å²) in [6.07, 6.45) is 1.88. The molecule has 1 fully saturated rings. The molecule has 4 nitrogen and oxygen atoms in total. The normalized spacial score (nSPS) is 15.8. The second-order valence-electron chi connectivity index (χ2n) is 6.45. The number of hydrogen-bond acceptors (Lipinski definition) is 2. The van der Waals surface area contributed by atoms with Gasteiger partial charge in [0.05, 0.1) is 0 Å². The van der Waals surface area contributed by atoms with Crippen LogP contribution in [0.15, 0.2) is 24.3 Å².